The molecule has 66 heavy (non-hydrogen) atoms. The van der Waals surface area contributed by atoms with Crippen LogP contribution < -0.4 is 0 Å². The summed E-state index contributed by atoms with van der Waals surface area (Å²) >= 11 is 0. The SMILES string of the molecule is CO[C@H]1CC2CC[C@@H](C)[C@@](O)(O2)C(=O)C(=O)N2CCCCC2C(=O)O[C@](C)(C(C)C[C@@H]2CC[C@@H](O)[C@H](OC)C2)CC(=O)[C@H](C)/C=C(\C)[C@@H](O)[C@@H](OC)C(=O)[C@H](C)C[C@H](C)/C=C/C=C/C=C/1C. The van der Waals surface area contributed by atoms with Crippen LogP contribution in [0.5, 0.6) is 0 Å². The third-order valence-corrected chi connectivity index (χ3v) is 15.1. The Morgan fingerprint density at radius 3 is 2.23 bits per heavy atom. The van der Waals surface area contributed by atoms with Crippen LogP contribution in [-0.2, 0) is 47.7 Å². The van der Waals surface area contributed by atoms with Gasteiger partial charge < -0.3 is 43.9 Å². The minimum atomic E-state index is -2.44. The zero-order valence-electron chi connectivity index (χ0n) is 41.5. The number of allylic oxidation sites excluding steroid dienone is 6. The maximum absolute atomic E-state index is 14.6. The molecule has 1 amide bonds. The Balaban J connectivity index is 1.73. The van der Waals surface area contributed by atoms with Gasteiger partial charge >= 0.3 is 5.97 Å². The minimum absolute atomic E-state index is 0.0159. The molecule has 14 nitrogen and oxygen atoms in total. The number of aliphatic hydroxyl groups is 3. The second-order valence-corrected chi connectivity index (χ2v) is 20.2. The Labute approximate surface area is 393 Å². The van der Waals surface area contributed by atoms with Gasteiger partial charge in [0.15, 0.2) is 5.78 Å². The smallest absolute Gasteiger partial charge is 0.329 e. The molecule has 14 heteroatoms. The highest BCUT2D eigenvalue weighted by Crippen LogP contribution is 2.40. The molecule has 2 saturated heterocycles. The van der Waals surface area contributed by atoms with Crippen LogP contribution in [-0.4, -0.2) is 131 Å². The normalized spacial score (nSPS) is 41.1. The lowest BCUT2D eigenvalue weighted by Crippen LogP contribution is -2.61. The fourth-order valence-electron chi connectivity index (χ4n) is 10.3. The number of nitrogens with zero attached hydrogens (tertiary/aromatic N) is 1. The third kappa shape index (κ3) is 13.9. The molecule has 15 atom stereocenters. The topological polar surface area (TPSA) is 195 Å². The standard InChI is InChI=1S/C52H81NO13/c1-31-17-13-12-14-18-32(2)43(62-9)29-39-22-20-36(6)52(61,65-39)48(58)49(59)53-24-16-15-19-40(53)50(60)66-51(8,37(7)27-38-21-23-41(54)44(28-38)63-10)30-42(55)33(3)26-35(5)46(57)47(64-11)45(56)34(4)25-31/h12-14,17-18,26,31,33-34,36-41,43-44,46-47,54,57,61H,15-16,19-25,27-30H2,1-11H3/b14-12+,17-13+,32-18+,35-26+/t31-,33-,34-,36-,37?,38+,39?,40?,41-,43+,44-,46-,47+,51+,52-/m1/s1. The highest BCUT2D eigenvalue weighted by molar-refractivity contribution is 6.39. The van der Waals surface area contributed by atoms with E-state index in [1.54, 1.807) is 48.0 Å². The Morgan fingerprint density at radius 2 is 1.56 bits per heavy atom. The van der Waals surface area contributed by atoms with Gasteiger partial charge in [-0.15, -0.1) is 0 Å². The zero-order valence-corrected chi connectivity index (χ0v) is 41.5. The van der Waals surface area contributed by atoms with Crippen molar-refractivity contribution in [2.24, 2.45) is 35.5 Å². The van der Waals surface area contributed by atoms with Gasteiger partial charge in [0.05, 0.1) is 24.4 Å². The van der Waals surface area contributed by atoms with Crippen molar-refractivity contribution in [2.75, 3.05) is 27.9 Å². The quantitative estimate of drug-likeness (QED) is 0.147. The molecule has 4 aliphatic rings. The predicted octanol–water partition coefficient (Wildman–Crippen LogP) is 6.57. The molecule has 3 fully saturated rings. The van der Waals surface area contributed by atoms with Gasteiger partial charge in [-0.1, -0.05) is 71.1 Å². The van der Waals surface area contributed by atoms with Crippen molar-refractivity contribution in [1.29, 1.82) is 0 Å². The summed E-state index contributed by atoms with van der Waals surface area (Å²) in [5.41, 5.74) is -0.131. The predicted molar refractivity (Wildman–Crippen MR) is 250 cm³/mol. The first-order chi connectivity index (χ1) is 31.1. The molecule has 0 aromatic rings. The molecule has 3 N–H and O–H groups in total. The van der Waals surface area contributed by atoms with E-state index in [4.69, 9.17) is 23.7 Å². The number of hydrogen-bond donors (Lipinski definition) is 3. The summed E-state index contributed by atoms with van der Waals surface area (Å²) in [6.45, 7) is 14.5. The van der Waals surface area contributed by atoms with Gasteiger partial charge in [-0.2, -0.15) is 0 Å². The Kier molecular flexibility index (Phi) is 20.7. The molecule has 1 saturated carbocycles. The van der Waals surface area contributed by atoms with E-state index < -0.39 is 89.3 Å². The maximum atomic E-state index is 14.6. The summed E-state index contributed by atoms with van der Waals surface area (Å²) in [5.74, 6) is -8.11. The highest BCUT2D eigenvalue weighted by atomic mass is 16.6. The summed E-state index contributed by atoms with van der Waals surface area (Å²) in [7, 11) is 4.52. The number of fused-ring (bicyclic) bond motifs is 3. The number of carbonyl (C=O) groups is 5. The van der Waals surface area contributed by atoms with E-state index in [0.717, 1.165) is 5.57 Å². The molecular formula is C52H81NO13. The zero-order chi connectivity index (χ0) is 49.1. The van der Waals surface area contributed by atoms with E-state index in [1.165, 1.54) is 12.0 Å². The van der Waals surface area contributed by atoms with Crippen LogP contribution in [0.3, 0.4) is 0 Å². The summed E-state index contributed by atoms with van der Waals surface area (Å²) in [4.78, 5) is 72.4. The van der Waals surface area contributed by atoms with Crippen LogP contribution in [0.4, 0.5) is 0 Å². The Hall–Kier alpha value is -3.37. The number of carbonyl (C=O) groups excluding carboxylic acids is 5. The van der Waals surface area contributed by atoms with Crippen molar-refractivity contribution >= 4 is 29.2 Å². The second-order valence-electron chi connectivity index (χ2n) is 20.2. The first-order valence-corrected chi connectivity index (χ1v) is 24.3. The molecule has 4 rings (SSSR count). The lowest BCUT2D eigenvalue weighted by atomic mass is 9.74. The number of cyclic esters (lactones) is 1. The number of ether oxygens (including phenoxy) is 5. The van der Waals surface area contributed by atoms with Gasteiger partial charge in [-0.3, -0.25) is 19.2 Å². The number of rotatable bonds is 6. The lowest BCUT2D eigenvalue weighted by Gasteiger charge is -2.43. The third-order valence-electron chi connectivity index (χ3n) is 15.1. The monoisotopic (exact) mass is 928 g/mol. The molecule has 2 bridgehead atoms. The number of methoxy groups -OCH3 is 3. The molecule has 0 aromatic heterocycles. The number of amides is 1. The fraction of sp³-hybridized carbons (Fsp3) is 0.750. The van der Waals surface area contributed by atoms with Crippen molar-refractivity contribution in [1.82, 2.24) is 4.90 Å². The number of Topliss-reactive ketones (excluding diaryl/α,β-unsaturated/α-hetero) is 3. The van der Waals surface area contributed by atoms with Crippen molar-refractivity contribution in [3.05, 3.63) is 47.6 Å². The van der Waals surface area contributed by atoms with Gasteiger partial charge in [0.2, 0.25) is 5.79 Å². The maximum Gasteiger partial charge on any atom is 0.329 e. The molecule has 0 spiro atoms. The first-order valence-electron chi connectivity index (χ1n) is 24.3. The number of piperidine rings is 1. The molecule has 0 radical (unpaired) electrons. The van der Waals surface area contributed by atoms with E-state index in [-0.39, 0.29) is 48.9 Å². The average Bonchev–Trinajstić information content (AvgIpc) is 3.28. The van der Waals surface area contributed by atoms with Crippen LogP contribution in [0.25, 0.3) is 0 Å². The largest absolute Gasteiger partial charge is 0.457 e. The number of aliphatic hydroxyl groups excluding tert-OH is 2. The van der Waals surface area contributed by atoms with Crippen LogP contribution in [0.1, 0.15) is 132 Å². The highest BCUT2D eigenvalue weighted by Gasteiger charge is 2.53. The van der Waals surface area contributed by atoms with Crippen molar-refractivity contribution in [2.45, 2.75) is 186 Å². The molecular weight excluding hydrogens is 847 g/mol. The number of ketones is 3. The van der Waals surface area contributed by atoms with Gasteiger partial charge in [-0.05, 0) is 114 Å². The van der Waals surface area contributed by atoms with Gasteiger partial charge in [0.25, 0.3) is 11.7 Å². The fourth-order valence-corrected chi connectivity index (χ4v) is 10.3. The second kappa shape index (κ2) is 24.8. The van der Waals surface area contributed by atoms with E-state index in [2.05, 4.69) is 0 Å². The number of esters is 1. The van der Waals surface area contributed by atoms with Crippen LogP contribution in [0.15, 0.2) is 47.6 Å². The van der Waals surface area contributed by atoms with Gasteiger partial charge in [-0.25, -0.2) is 4.79 Å². The molecule has 3 aliphatic heterocycles. The van der Waals surface area contributed by atoms with Crippen LogP contribution >= 0.6 is 0 Å². The van der Waals surface area contributed by atoms with E-state index in [9.17, 15) is 39.3 Å². The average molecular weight is 928 g/mol. The Bertz CT molecular complexity index is 1810. The van der Waals surface area contributed by atoms with Crippen molar-refractivity contribution in [3.8, 4) is 0 Å². The van der Waals surface area contributed by atoms with Crippen LogP contribution in [0.2, 0.25) is 0 Å². The van der Waals surface area contributed by atoms with Gasteiger partial charge in [0, 0.05) is 58.5 Å². The van der Waals surface area contributed by atoms with Crippen molar-refractivity contribution < 1.29 is 63.0 Å². The minimum Gasteiger partial charge on any atom is -0.457 e. The Morgan fingerprint density at radius 1 is 0.848 bits per heavy atom. The molecule has 3 heterocycles. The molecule has 3 unspecified atom stereocenters. The van der Waals surface area contributed by atoms with E-state index >= 15 is 0 Å². The molecule has 1 aliphatic carbocycles. The molecule has 372 valence electrons. The van der Waals surface area contributed by atoms with Gasteiger partial charge in [0.1, 0.15) is 29.6 Å². The van der Waals surface area contributed by atoms with Crippen LogP contribution in [0, 0.1) is 35.5 Å². The van der Waals surface area contributed by atoms with Crippen molar-refractivity contribution in [3.63, 3.8) is 0 Å². The van der Waals surface area contributed by atoms with E-state index in [0.29, 0.717) is 69.8 Å². The summed E-state index contributed by atoms with van der Waals surface area (Å²) in [6.07, 6.45) is 11.9. The summed E-state index contributed by atoms with van der Waals surface area (Å²) in [6, 6.07) is -1.16. The lowest BCUT2D eigenvalue weighted by molar-refractivity contribution is -0.265. The summed E-state index contributed by atoms with van der Waals surface area (Å²) in [5, 5.41) is 34.0. The number of hydrogen-bond acceptors (Lipinski definition) is 13. The van der Waals surface area contributed by atoms with E-state index in [1.807, 2.05) is 58.1 Å². The first kappa shape index (κ1) is 55.2. The molecule has 0 aromatic carbocycles. The summed E-state index contributed by atoms with van der Waals surface area (Å²) < 4.78 is 29.6.